The molecule has 0 aromatic heterocycles. The second-order valence-corrected chi connectivity index (χ2v) is 8.68. The molecule has 0 radical (unpaired) electrons. The number of nitrogens with one attached hydrogen (secondary N) is 1. The minimum absolute atomic E-state index is 0.168. The third kappa shape index (κ3) is 5.09. The van der Waals surface area contributed by atoms with E-state index in [4.69, 9.17) is 4.74 Å². The van der Waals surface area contributed by atoms with Gasteiger partial charge in [-0.05, 0) is 29.8 Å². The molecule has 2 aromatic rings. The van der Waals surface area contributed by atoms with Crippen molar-refractivity contribution in [2.24, 2.45) is 0 Å². The summed E-state index contributed by atoms with van der Waals surface area (Å²) in [4.78, 5) is 42.9. The molecule has 0 aliphatic carbocycles. The average Bonchev–Trinajstić information content (AvgIpc) is 3.03. The first-order valence-corrected chi connectivity index (χ1v) is 11.4. The van der Waals surface area contributed by atoms with Crippen molar-refractivity contribution in [1.29, 1.82) is 0 Å². The molecule has 2 heterocycles. The zero-order valence-corrected chi connectivity index (χ0v) is 18.7. The summed E-state index contributed by atoms with van der Waals surface area (Å²) in [5, 5.41) is 2.72. The number of rotatable bonds is 7. The summed E-state index contributed by atoms with van der Waals surface area (Å²) in [5.74, 6) is -0.717. The van der Waals surface area contributed by atoms with E-state index in [1.54, 1.807) is 24.3 Å². The van der Waals surface area contributed by atoms with Crippen LogP contribution >= 0.6 is 11.8 Å². The fraction of sp³-hybridized carbons (Fsp3) is 0.292. The van der Waals surface area contributed by atoms with Crippen LogP contribution in [0.2, 0.25) is 0 Å². The van der Waals surface area contributed by atoms with Gasteiger partial charge in [-0.2, -0.15) is 0 Å². The van der Waals surface area contributed by atoms with Crippen LogP contribution in [0.1, 0.15) is 12.5 Å². The number of benzene rings is 2. The van der Waals surface area contributed by atoms with Crippen LogP contribution in [0.5, 0.6) is 0 Å². The van der Waals surface area contributed by atoms with E-state index in [1.807, 2.05) is 30.3 Å². The van der Waals surface area contributed by atoms with Crippen LogP contribution in [0.15, 0.2) is 64.4 Å². The van der Waals surface area contributed by atoms with E-state index in [1.165, 1.54) is 23.6 Å². The van der Waals surface area contributed by atoms with Crippen molar-refractivity contribution >= 4 is 40.7 Å². The summed E-state index contributed by atoms with van der Waals surface area (Å²) in [7, 11) is 0. The number of imide groups is 1. The van der Waals surface area contributed by atoms with Crippen LogP contribution < -0.4 is 5.32 Å². The molecule has 32 heavy (non-hydrogen) atoms. The van der Waals surface area contributed by atoms with Crippen molar-refractivity contribution in [3.8, 4) is 0 Å². The summed E-state index contributed by atoms with van der Waals surface area (Å²) < 4.78 is 5.38. The van der Waals surface area contributed by atoms with E-state index in [0.29, 0.717) is 48.0 Å². The van der Waals surface area contributed by atoms with Gasteiger partial charge in [-0.25, -0.2) is 0 Å². The standard InChI is InChI=1S/C24H25N3O4S/c1-17(28)25-19-9-7-18(8-10-19)21-22(32-20-5-3-2-4-6-20)24(30)27(23(21)29)12-11-26-13-15-31-16-14-26/h2-10H,11-16H2,1H3,(H,25,28). The topological polar surface area (TPSA) is 79.0 Å². The molecule has 166 valence electrons. The largest absolute Gasteiger partial charge is 0.379 e. The van der Waals surface area contributed by atoms with Gasteiger partial charge in [0, 0.05) is 43.7 Å². The van der Waals surface area contributed by atoms with Crippen LogP contribution in [-0.4, -0.2) is 66.9 Å². The number of thioether (sulfide) groups is 1. The molecule has 2 aliphatic heterocycles. The quantitative estimate of drug-likeness (QED) is 0.653. The highest BCUT2D eigenvalue weighted by Gasteiger charge is 2.39. The Hall–Kier alpha value is -2.94. The number of nitrogens with zero attached hydrogens (tertiary/aromatic N) is 2. The number of ether oxygens (including phenoxy) is 1. The lowest BCUT2D eigenvalue weighted by molar-refractivity contribution is -0.136. The Morgan fingerprint density at radius 2 is 1.66 bits per heavy atom. The van der Waals surface area contributed by atoms with Gasteiger partial charge >= 0.3 is 0 Å². The summed E-state index contributed by atoms with van der Waals surface area (Å²) >= 11 is 1.31. The molecule has 3 amide bonds. The molecule has 2 aromatic carbocycles. The molecule has 0 unspecified atom stereocenters. The molecule has 1 saturated heterocycles. The number of carbonyl (C=O) groups excluding carboxylic acids is 3. The first kappa shape index (κ1) is 22.3. The molecule has 4 rings (SSSR count). The molecule has 1 fully saturated rings. The van der Waals surface area contributed by atoms with Crippen molar-refractivity contribution in [2.75, 3.05) is 44.7 Å². The Morgan fingerprint density at radius 3 is 2.31 bits per heavy atom. The van der Waals surface area contributed by atoms with Gasteiger partial charge in [0.25, 0.3) is 11.8 Å². The highest BCUT2D eigenvalue weighted by Crippen LogP contribution is 2.39. The highest BCUT2D eigenvalue weighted by atomic mass is 32.2. The third-order valence-electron chi connectivity index (χ3n) is 5.33. The Kier molecular flexibility index (Phi) is 7.04. The van der Waals surface area contributed by atoms with Gasteiger partial charge in [-0.15, -0.1) is 0 Å². The van der Waals surface area contributed by atoms with Crippen molar-refractivity contribution in [3.63, 3.8) is 0 Å². The first-order valence-electron chi connectivity index (χ1n) is 10.5. The minimum Gasteiger partial charge on any atom is -0.379 e. The van der Waals surface area contributed by atoms with Gasteiger partial charge in [-0.3, -0.25) is 24.2 Å². The molecule has 0 spiro atoms. The van der Waals surface area contributed by atoms with Gasteiger partial charge in [-0.1, -0.05) is 42.1 Å². The normalized spacial score (nSPS) is 17.2. The third-order valence-corrected chi connectivity index (χ3v) is 6.42. The molecule has 0 saturated carbocycles. The average molecular weight is 452 g/mol. The lowest BCUT2D eigenvalue weighted by atomic mass is 10.1. The van der Waals surface area contributed by atoms with E-state index < -0.39 is 0 Å². The maximum atomic E-state index is 13.4. The lowest BCUT2D eigenvalue weighted by Crippen LogP contribution is -2.43. The number of amides is 3. The molecule has 0 bridgehead atoms. The van der Waals surface area contributed by atoms with Crippen LogP contribution in [0.3, 0.4) is 0 Å². The van der Waals surface area contributed by atoms with Gasteiger partial charge in [0.05, 0.1) is 23.7 Å². The Balaban J connectivity index is 1.60. The van der Waals surface area contributed by atoms with E-state index >= 15 is 0 Å². The number of hydrogen-bond acceptors (Lipinski definition) is 6. The van der Waals surface area contributed by atoms with E-state index in [2.05, 4.69) is 10.2 Å². The van der Waals surface area contributed by atoms with E-state index in [0.717, 1.165) is 18.0 Å². The zero-order valence-electron chi connectivity index (χ0n) is 17.9. The maximum absolute atomic E-state index is 13.4. The molecular formula is C24H25N3O4S. The Morgan fingerprint density at radius 1 is 0.969 bits per heavy atom. The number of morpholine rings is 1. The zero-order chi connectivity index (χ0) is 22.5. The predicted molar refractivity (Wildman–Crippen MR) is 124 cm³/mol. The summed E-state index contributed by atoms with van der Waals surface area (Å²) in [6.45, 7) is 5.33. The monoisotopic (exact) mass is 451 g/mol. The van der Waals surface area contributed by atoms with Gasteiger partial charge in [0.15, 0.2) is 0 Å². The fourth-order valence-electron chi connectivity index (χ4n) is 3.70. The van der Waals surface area contributed by atoms with Crippen LogP contribution in [0.4, 0.5) is 5.69 Å². The molecule has 8 heteroatoms. The van der Waals surface area contributed by atoms with Crippen molar-refractivity contribution < 1.29 is 19.1 Å². The fourth-order valence-corrected chi connectivity index (χ4v) is 4.74. The lowest BCUT2D eigenvalue weighted by Gasteiger charge is -2.28. The summed E-state index contributed by atoms with van der Waals surface area (Å²) in [6.07, 6.45) is 0. The first-order chi connectivity index (χ1) is 15.5. The molecular weight excluding hydrogens is 426 g/mol. The Labute approximate surface area is 191 Å². The van der Waals surface area contributed by atoms with Crippen LogP contribution in [0, 0.1) is 0 Å². The predicted octanol–water partition coefficient (Wildman–Crippen LogP) is 2.85. The van der Waals surface area contributed by atoms with Crippen LogP contribution in [-0.2, 0) is 19.1 Å². The van der Waals surface area contributed by atoms with Gasteiger partial charge in [0.1, 0.15) is 0 Å². The minimum atomic E-state index is -0.283. The van der Waals surface area contributed by atoms with Crippen molar-refractivity contribution in [2.45, 2.75) is 11.8 Å². The number of carbonyl (C=O) groups is 3. The maximum Gasteiger partial charge on any atom is 0.268 e. The van der Waals surface area contributed by atoms with Gasteiger partial charge in [0.2, 0.25) is 5.91 Å². The molecule has 7 nitrogen and oxygen atoms in total. The second kappa shape index (κ2) is 10.1. The smallest absolute Gasteiger partial charge is 0.268 e. The van der Waals surface area contributed by atoms with E-state index in [-0.39, 0.29) is 17.7 Å². The van der Waals surface area contributed by atoms with Crippen LogP contribution in [0.25, 0.3) is 5.57 Å². The van der Waals surface area contributed by atoms with Gasteiger partial charge < -0.3 is 10.1 Å². The molecule has 2 aliphatic rings. The number of hydrogen-bond donors (Lipinski definition) is 1. The van der Waals surface area contributed by atoms with Crippen molar-refractivity contribution in [1.82, 2.24) is 9.80 Å². The molecule has 0 atom stereocenters. The SMILES string of the molecule is CC(=O)Nc1ccc(C2=C(Sc3ccccc3)C(=O)N(CCN3CCOCC3)C2=O)cc1. The van der Waals surface area contributed by atoms with Crippen molar-refractivity contribution in [3.05, 3.63) is 65.1 Å². The second-order valence-electron chi connectivity index (χ2n) is 7.59. The number of anilines is 1. The highest BCUT2D eigenvalue weighted by molar-refractivity contribution is 8.04. The summed E-state index contributed by atoms with van der Waals surface area (Å²) in [6, 6.07) is 16.6. The Bertz CT molecular complexity index is 1030. The van der Waals surface area contributed by atoms with E-state index in [9.17, 15) is 14.4 Å². The molecule has 1 N–H and O–H groups in total. The summed E-state index contributed by atoms with van der Waals surface area (Å²) in [5.41, 5.74) is 1.70.